The number of hydrogen-bond donors (Lipinski definition) is 3. The Kier molecular flexibility index (Phi) is 6.23. The summed E-state index contributed by atoms with van der Waals surface area (Å²) in [5.74, 6) is -0.101. The smallest absolute Gasteiger partial charge is 0.286 e. The maximum Gasteiger partial charge on any atom is 0.286 e. The van der Waals surface area contributed by atoms with Crippen LogP contribution in [0.3, 0.4) is 0 Å². The highest BCUT2D eigenvalue weighted by atomic mass is 32.2. The Morgan fingerprint density at radius 3 is 2.68 bits per heavy atom. The van der Waals surface area contributed by atoms with E-state index in [0.29, 0.717) is 30.9 Å². The molecular formula is C22H28N4O6S2. The molecule has 0 radical (unpaired) electrons. The van der Waals surface area contributed by atoms with Crippen LogP contribution in [0, 0.1) is 5.92 Å². The van der Waals surface area contributed by atoms with Crippen LogP contribution in [0.1, 0.15) is 49.9 Å². The minimum absolute atomic E-state index is 0.0675. The Morgan fingerprint density at radius 1 is 1.26 bits per heavy atom. The van der Waals surface area contributed by atoms with Gasteiger partial charge >= 0.3 is 0 Å². The molecule has 0 unspecified atom stereocenters. The fourth-order valence-corrected chi connectivity index (χ4v) is 6.05. The Morgan fingerprint density at radius 2 is 2.00 bits per heavy atom. The lowest BCUT2D eigenvalue weighted by Gasteiger charge is -2.26. The fourth-order valence-electron chi connectivity index (χ4n) is 4.35. The minimum Gasteiger partial charge on any atom is -0.507 e. The van der Waals surface area contributed by atoms with Gasteiger partial charge in [-0.05, 0) is 56.2 Å². The zero-order valence-electron chi connectivity index (χ0n) is 19.3. The molecule has 184 valence electrons. The van der Waals surface area contributed by atoms with Gasteiger partial charge in [-0.1, -0.05) is 13.8 Å². The molecule has 1 aromatic carbocycles. The molecule has 0 fully saturated rings. The van der Waals surface area contributed by atoms with Crippen LogP contribution < -0.4 is 15.6 Å². The number of sulfonamides is 2. The van der Waals surface area contributed by atoms with Crippen molar-refractivity contribution in [3.05, 3.63) is 45.4 Å². The van der Waals surface area contributed by atoms with Gasteiger partial charge in [0.2, 0.25) is 10.0 Å². The molecule has 3 N–H and O–H groups in total. The number of fused-ring (bicyclic) bond motifs is 2. The highest BCUT2D eigenvalue weighted by molar-refractivity contribution is 7.92. The molecular weight excluding hydrogens is 480 g/mol. The van der Waals surface area contributed by atoms with E-state index in [2.05, 4.69) is 28.3 Å². The lowest BCUT2D eigenvalue weighted by Crippen LogP contribution is -2.36. The van der Waals surface area contributed by atoms with Crippen LogP contribution >= 0.6 is 0 Å². The fraction of sp³-hybridized carbons (Fsp3) is 0.455. The third kappa shape index (κ3) is 4.69. The average Bonchev–Trinajstić information content (AvgIpc) is 2.72. The summed E-state index contributed by atoms with van der Waals surface area (Å²) in [6.45, 7) is 4.64. The predicted octanol–water partition coefficient (Wildman–Crippen LogP) is 2.41. The quantitative estimate of drug-likeness (QED) is 0.543. The van der Waals surface area contributed by atoms with Gasteiger partial charge in [-0.25, -0.2) is 8.42 Å². The molecule has 0 saturated heterocycles. The van der Waals surface area contributed by atoms with E-state index in [0.717, 1.165) is 37.3 Å². The first-order chi connectivity index (χ1) is 15.9. The molecule has 0 bridgehead atoms. The summed E-state index contributed by atoms with van der Waals surface area (Å²) in [6.07, 6.45) is 4.72. The van der Waals surface area contributed by atoms with Crippen molar-refractivity contribution in [1.29, 1.82) is 0 Å². The first-order valence-electron chi connectivity index (χ1n) is 11.1. The predicted molar refractivity (Wildman–Crippen MR) is 131 cm³/mol. The largest absolute Gasteiger partial charge is 0.507 e. The minimum atomic E-state index is -4.28. The van der Waals surface area contributed by atoms with Crippen molar-refractivity contribution < 1.29 is 21.9 Å². The summed E-state index contributed by atoms with van der Waals surface area (Å²) in [5, 5.41) is 14.0. The van der Waals surface area contributed by atoms with Crippen LogP contribution in [0.4, 0.5) is 11.4 Å². The number of nitrogens with zero attached hydrogens (tertiary/aromatic N) is 2. The molecule has 2 aromatic rings. The van der Waals surface area contributed by atoms with Crippen LogP contribution in [-0.2, 0) is 39.4 Å². The zero-order valence-corrected chi connectivity index (χ0v) is 20.9. The first kappa shape index (κ1) is 24.3. The maximum absolute atomic E-state index is 13.4. The molecule has 1 aromatic heterocycles. The number of aromatic hydroxyl groups is 1. The van der Waals surface area contributed by atoms with Gasteiger partial charge in [-0.15, -0.1) is 4.40 Å². The van der Waals surface area contributed by atoms with Crippen molar-refractivity contribution in [3.63, 3.8) is 0 Å². The molecule has 2 aliphatic heterocycles. The van der Waals surface area contributed by atoms with E-state index >= 15 is 0 Å². The summed E-state index contributed by atoms with van der Waals surface area (Å²) in [7, 11) is -7.89. The van der Waals surface area contributed by atoms with Gasteiger partial charge in [0.15, 0.2) is 5.84 Å². The van der Waals surface area contributed by atoms with E-state index in [4.69, 9.17) is 0 Å². The number of rotatable bonds is 6. The number of amidine groups is 1. The lowest BCUT2D eigenvalue weighted by atomic mass is 9.94. The Balaban J connectivity index is 1.85. The zero-order chi connectivity index (χ0) is 24.8. The summed E-state index contributed by atoms with van der Waals surface area (Å²) >= 11 is 0. The van der Waals surface area contributed by atoms with Crippen molar-refractivity contribution in [2.24, 2.45) is 10.3 Å². The highest BCUT2D eigenvalue weighted by Crippen LogP contribution is 2.34. The summed E-state index contributed by atoms with van der Waals surface area (Å²) < 4.78 is 56.7. The Labute approximate surface area is 198 Å². The van der Waals surface area contributed by atoms with Gasteiger partial charge in [-0.2, -0.15) is 8.42 Å². The topological polar surface area (TPSA) is 147 Å². The van der Waals surface area contributed by atoms with E-state index in [1.54, 1.807) is 4.57 Å². The van der Waals surface area contributed by atoms with Crippen molar-refractivity contribution in [3.8, 4) is 5.75 Å². The van der Waals surface area contributed by atoms with Crippen LogP contribution in [0.15, 0.2) is 32.3 Å². The number of aromatic nitrogens is 1. The monoisotopic (exact) mass is 508 g/mol. The lowest BCUT2D eigenvalue weighted by molar-refractivity contribution is 0.439. The number of nitrogens with one attached hydrogen (secondary N) is 2. The summed E-state index contributed by atoms with van der Waals surface area (Å²) in [4.78, 5) is 13.1. The van der Waals surface area contributed by atoms with E-state index in [-0.39, 0.29) is 33.4 Å². The second kappa shape index (κ2) is 8.73. The van der Waals surface area contributed by atoms with Crippen molar-refractivity contribution in [1.82, 2.24) is 4.57 Å². The number of anilines is 2. The van der Waals surface area contributed by atoms with Gasteiger partial charge in [-0.3, -0.25) is 9.52 Å². The SMILES string of the molecule is CC(C)CCc1c(O)c(C2=NS(=O)(=O)c3cc(NS(C)(=O)=O)ccc3N2)c(=O)n2c1CCCC2. The van der Waals surface area contributed by atoms with Gasteiger partial charge < -0.3 is 15.0 Å². The molecule has 10 nitrogen and oxygen atoms in total. The van der Waals surface area contributed by atoms with Crippen molar-refractivity contribution in [2.45, 2.75) is 57.4 Å². The third-order valence-electron chi connectivity index (χ3n) is 5.94. The standard InChI is InChI=1S/C22H28N4O6S2/c1-13(2)7-9-15-17-6-4-5-11-26(17)22(28)19(20(15)27)21-23-16-10-8-14(24-33(3,29)30)12-18(16)34(31,32)25-21/h8,10,12-13,24,27H,4-7,9,11H2,1-3H3,(H,23,25). The second-order valence-electron chi connectivity index (χ2n) is 9.12. The maximum atomic E-state index is 13.4. The number of hydrogen-bond acceptors (Lipinski definition) is 7. The van der Waals surface area contributed by atoms with Gasteiger partial charge in [0.25, 0.3) is 15.6 Å². The Bertz CT molecular complexity index is 1460. The summed E-state index contributed by atoms with van der Waals surface area (Å²) in [5.41, 5.74) is 1.00. The molecule has 0 aliphatic carbocycles. The first-order valence-corrected chi connectivity index (χ1v) is 14.4. The molecule has 0 spiro atoms. The number of pyridine rings is 1. The van der Waals surface area contributed by atoms with Gasteiger partial charge in [0.05, 0.1) is 11.9 Å². The molecule has 3 heterocycles. The summed E-state index contributed by atoms with van der Waals surface area (Å²) in [6, 6.07) is 3.95. The molecule has 12 heteroatoms. The van der Waals surface area contributed by atoms with Crippen LogP contribution in [0.5, 0.6) is 5.75 Å². The van der Waals surface area contributed by atoms with Crippen molar-refractivity contribution in [2.75, 3.05) is 16.3 Å². The van der Waals surface area contributed by atoms with E-state index in [1.165, 1.54) is 12.1 Å². The highest BCUT2D eigenvalue weighted by Gasteiger charge is 2.32. The Hall–Kier alpha value is -2.86. The van der Waals surface area contributed by atoms with Crippen molar-refractivity contribution >= 4 is 37.3 Å². The van der Waals surface area contributed by atoms with Crippen LogP contribution in [0.25, 0.3) is 0 Å². The van der Waals surface area contributed by atoms with Crippen LogP contribution in [0.2, 0.25) is 0 Å². The molecule has 0 saturated carbocycles. The molecule has 0 amide bonds. The van der Waals surface area contributed by atoms with E-state index in [1.807, 2.05) is 0 Å². The van der Waals surface area contributed by atoms with E-state index < -0.39 is 25.6 Å². The molecule has 4 rings (SSSR count). The number of benzene rings is 1. The van der Waals surface area contributed by atoms with Crippen LogP contribution in [-0.4, -0.2) is 38.6 Å². The normalized spacial score (nSPS) is 16.9. The second-order valence-corrected chi connectivity index (χ2v) is 12.4. The van der Waals surface area contributed by atoms with Gasteiger partial charge in [0, 0.05) is 23.5 Å². The van der Waals surface area contributed by atoms with Gasteiger partial charge in [0.1, 0.15) is 16.2 Å². The average molecular weight is 509 g/mol. The molecule has 2 aliphatic rings. The molecule has 0 atom stereocenters. The third-order valence-corrected chi connectivity index (χ3v) is 7.86. The van der Waals surface area contributed by atoms with E-state index in [9.17, 15) is 26.7 Å². The molecule has 34 heavy (non-hydrogen) atoms.